The van der Waals surface area contributed by atoms with Gasteiger partial charge in [-0.05, 0) is 32.9 Å². The molecule has 0 unspecified atom stereocenters. The number of hydrogen-bond donors (Lipinski definition) is 0. The largest absolute Gasteiger partial charge is 1.00 e. The molecule has 0 aliphatic carbocycles. The van der Waals surface area contributed by atoms with Gasteiger partial charge in [-0.15, -0.1) is 5.46 Å². The average molecular weight is 355 g/mol. The molecule has 0 fully saturated rings. The van der Waals surface area contributed by atoms with Gasteiger partial charge in [0.25, 0.3) is 0 Å². The Morgan fingerprint density at radius 2 is 1.91 bits per heavy atom. The summed E-state index contributed by atoms with van der Waals surface area (Å²) >= 11 is 0. The number of carbonyl (C=O) groups excluding carboxylic acids is 1. The van der Waals surface area contributed by atoms with Gasteiger partial charge in [0, 0.05) is 0 Å². The number of rotatable bonds is 3. The molecule has 0 radical (unpaired) electrons. The first-order valence-corrected chi connectivity index (χ1v) is 6.52. The zero-order chi connectivity index (χ0) is 16.7. The quantitative estimate of drug-likeness (QED) is 0.523. The maximum Gasteiger partial charge on any atom is 1.00 e. The van der Waals surface area contributed by atoms with E-state index in [-0.39, 0.29) is 62.5 Å². The van der Waals surface area contributed by atoms with Crippen LogP contribution in [-0.2, 0) is 16.1 Å². The Kier molecular flexibility index (Phi) is 6.36. The predicted molar refractivity (Wildman–Crippen MR) is 75.0 cm³/mol. The van der Waals surface area contributed by atoms with Gasteiger partial charge in [-0.25, -0.2) is 4.79 Å². The predicted octanol–water partition coefficient (Wildman–Crippen LogP) is -1.01. The van der Waals surface area contributed by atoms with E-state index in [4.69, 9.17) is 9.15 Å². The second-order valence-corrected chi connectivity index (χ2v) is 5.84. The van der Waals surface area contributed by atoms with Crippen LogP contribution in [0.3, 0.4) is 0 Å². The summed E-state index contributed by atoms with van der Waals surface area (Å²) in [6.07, 6.45) is 0. The number of benzene rings is 1. The van der Waals surface area contributed by atoms with Gasteiger partial charge in [0.05, 0.1) is 5.52 Å². The minimum Gasteiger partial charge on any atom is -0.459 e. The van der Waals surface area contributed by atoms with Crippen molar-refractivity contribution >= 4 is 29.5 Å². The van der Waals surface area contributed by atoms with Crippen LogP contribution in [0.5, 0.6) is 0 Å². The van der Waals surface area contributed by atoms with Gasteiger partial charge in [-0.1, -0.05) is 6.07 Å². The van der Waals surface area contributed by atoms with Crippen LogP contribution in [0.25, 0.3) is 11.1 Å². The molecule has 0 saturated heterocycles. The Balaban J connectivity index is 0.00000264. The number of aromatic nitrogens is 1. The molecule has 0 N–H and O–H groups in total. The van der Waals surface area contributed by atoms with Crippen molar-refractivity contribution in [2.24, 2.45) is 0 Å². The van der Waals surface area contributed by atoms with E-state index in [1.165, 1.54) is 0 Å². The zero-order valence-corrected chi connectivity index (χ0v) is 16.4. The minimum absolute atomic E-state index is 0. The van der Waals surface area contributed by atoms with E-state index in [0.29, 0.717) is 0 Å². The Labute approximate surface area is 172 Å². The molecule has 2 aromatic rings. The van der Waals surface area contributed by atoms with Crippen molar-refractivity contribution in [3.8, 4) is 0 Å². The Morgan fingerprint density at radius 3 is 2.43 bits per heavy atom. The van der Waals surface area contributed by atoms with Crippen molar-refractivity contribution in [1.82, 2.24) is 4.57 Å². The molecular weight excluding hydrogens is 341 g/mol. The van der Waals surface area contributed by atoms with Gasteiger partial charge in [0.15, 0.2) is 5.58 Å². The summed E-state index contributed by atoms with van der Waals surface area (Å²) in [6, 6.07) is 2.71. The van der Waals surface area contributed by atoms with Crippen LogP contribution in [0.2, 0.25) is 0 Å². The van der Waals surface area contributed by atoms with Crippen molar-refractivity contribution in [3.63, 3.8) is 0 Å². The Hall–Kier alpha value is -0.549. The van der Waals surface area contributed by atoms with Crippen LogP contribution in [0.1, 0.15) is 20.8 Å². The van der Waals surface area contributed by atoms with E-state index in [2.05, 4.69) is 0 Å². The second kappa shape index (κ2) is 7.14. The van der Waals surface area contributed by atoms with Crippen LogP contribution < -0.4 is 62.6 Å². The fourth-order valence-corrected chi connectivity index (χ4v) is 1.94. The van der Waals surface area contributed by atoms with Gasteiger partial charge in [-0.3, -0.25) is 9.36 Å². The Bertz CT molecular complexity index is 776. The molecule has 1 heterocycles. The van der Waals surface area contributed by atoms with Crippen molar-refractivity contribution in [3.05, 3.63) is 28.7 Å². The van der Waals surface area contributed by atoms with Crippen LogP contribution >= 0.6 is 0 Å². The summed E-state index contributed by atoms with van der Waals surface area (Å²) in [6.45, 7) is -0.626. The summed E-state index contributed by atoms with van der Waals surface area (Å²) in [5, 5.41) is 0. The fourth-order valence-electron chi connectivity index (χ4n) is 1.94. The standard InChI is InChI=1S/C13H14BF3NO4.K/c1-13(2,3)22-11(19)7-18-9-5-4-8(14(15,16)17)6-10(9)21-12(18)20;/h4-6H,7H2,1-3H3;/q-1;+1. The van der Waals surface area contributed by atoms with Crippen LogP contribution in [0.15, 0.2) is 27.4 Å². The molecule has 1 aromatic heterocycles. The summed E-state index contributed by atoms with van der Waals surface area (Å²) in [7, 11) is 0. The number of carbonyl (C=O) groups is 1. The van der Waals surface area contributed by atoms with Gasteiger partial charge < -0.3 is 22.1 Å². The molecule has 2 rings (SSSR count). The first-order valence-electron chi connectivity index (χ1n) is 6.52. The number of oxazole rings is 1. The molecule has 5 nitrogen and oxygen atoms in total. The van der Waals surface area contributed by atoms with E-state index in [1.807, 2.05) is 0 Å². The number of nitrogens with zero attached hydrogens (tertiary/aromatic N) is 1. The number of fused-ring (bicyclic) bond motifs is 1. The van der Waals surface area contributed by atoms with Crippen molar-refractivity contribution < 1.29 is 78.3 Å². The third-order valence-electron chi connectivity index (χ3n) is 2.78. The number of hydrogen-bond acceptors (Lipinski definition) is 4. The van der Waals surface area contributed by atoms with Crippen LogP contribution in [-0.4, -0.2) is 23.1 Å². The third-order valence-corrected chi connectivity index (χ3v) is 2.78. The van der Waals surface area contributed by atoms with Crippen molar-refractivity contribution in [2.45, 2.75) is 32.9 Å². The first kappa shape index (κ1) is 20.5. The summed E-state index contributed by atoms with van der Waals surface area (Å²) in [5.74, 6) is -1.59. The summed E-state index contributed by atoms with van der Waals surface area (Å²) < 4.78 is 48.8. The second-order valence-electron chi connectivity index (χ2n) is 5.84. The molecule has 23 heavy (non-hydrogen) atoms. The van der Waals surface area contributed by atoms with Gasteiger partial charge in [0.1, 0.15) is 12.1 Å². The topological polar surface area (TPSA) is 61.4 Å². The summed E-state index contributed by atoms with van der Waals surface area (Å²) in [4.78, 5) is 23.5. The zero-order valence-electron chi connectivity index (χ0n) is 13.2. The number of esters is 1. The molecule has 0 spiro atoms. The molecule has 0 saturated carbocycles. The molecule has 0 bridgehead atoms. The average Bonchev–Trinajstić information content (AvgIpc) is 2.61. The van der Waals surface area contributed by atoms with Crippen LogP contribution in [0.4, 0.5) is 12.9 Å². The molecule has 0 atom stereocenters. The molecule has 0 aliphatic rings. The van der Waals surface area contributed by atoms with Crippen molar-refractivity contribution in [2.75, 3.05) is 0 Å². The Morgan fingerprint density at radius 1 is 1.30 bits per heavy atom. The molecule has 10 heteroatoms. The maximum absolute atomic E-state index is 12.7. The van der Waals surface area contributed by atoms with E-state index >= 15 is 0 Å². The SMILES string of the molecule is CC(C)(C)OC(=O)Cn1c(=O)oc2cc([B-](F)(F)F)ccc21.[K+]. The molecule has 120 valence electrons. The summed E-state index contributed by atoms with van der Waals surface area (Å²) in [5.41, 5.74) is -1.71. The monoisotopic (exact) mass is 355 g/mol. The smallest absolute Gasteiger partial charge is 0.459 e. The van der Waals surface area contributed by atoms with Gasteiger partial charge in [-0.2, -0.15) is 0 Å². The number of ether oxygens (including phenoxy) is 1. The number of halogens is 3. The molecule has 0 amide bonds. The van der Waals surface area contributed by atoms with E-state index in [0.717, 1.165) is 22.8 Å². The van der Waals surface area contributed by atoms with E-state index in [1.54, 1.807) is 20.8 Å². The minimum atomic E-state index is -5.19. The molecular formula is C13H14BF3KNO4. The van der Waals surface area contributed by atoms with Gasteiger partial charge >= 0.3 is 70.1 Å². The third kappa shape index (κ3) is 5.21. The van der Waals surface area contributed by atoms with Crippen LogP contribution in [0, 0.1) is 0 Å². The van der Waals surface area contributed by atoms with E-state index < -0.39 is 36.3 Å². The first-order chi connectivity index (χ1) is 9.97. The van der Waals surface area contributed by atoms with Gasteiger partial charge in [0.2, 0.25) is 0 Å². The maximum atomic E-state index is 12.7. The normalized spacial score (nSPS) is 12.1. The molecule has 0 aliphatic heterocycles. The molecule has 1 aromatic carbocycles. The fraction of sp³-hybridized carbons (Fsp3) is 0.385. The van der Waals surface area contributed by atoms with E-state index in [9.17, 15) is 22.5 Å². The van der Waals surface area contributed by atoms with Crippen molar-refractivity contribution in [1.29, 1.82) is 0 Å².